The Balaban J connectivity index is 1.23. The molecule has 43 heavy (non-hydrogen) atoms. The van der Waals surface area contributed by atoms with Crippen LogP contribution in [-0.4, -0.2) is 59.2 Å². The summed E-state index contributed by atoms with van der Waals surface area (Å²) in [5.74, 6) is 0.393. The molecule has 4 heterocycles. The van der Waals surface area contributed by atoms with Gasteiger partial charge in [0.25, 0.3) is 0 Å². The van der Waals surface area contributed by atoms with Crippen molar-refractivity contribution in [3.8, 4) is 11.3 Å². The van der Waals surface area contributed by atoms with Crippen LogP contribution in [-0.2, 0) is 19.9 Å². The summed E-state index contributed by atoms with van der Waals surface area (Å²) in [4.78, 5) is 60.0. The monoisotopic (exact) mass is 607 g/mol. The zero-order valence-electron chi connectivity index (χ0n) is 23.3. The van der Waals surface area contributed by atoms with E-state index in [-0.39, 0.29) is 24.9 Å². The molecule has 1 saturated heterocycles. The molecule has 224 valence electrons. The highest BCUT2D eigenvalue weighted by Gasteiger charge is 2.49. The van der Waals surface area contributed by atoms with Crippen LogP contribution >= 0.6 is 11.6 Å². The number of urea groups is 1. The number of hydrogen-bond donors (Lipinski definition) is 5. The molecular weight excluding hydrogens is 578 g/mol. The average Bonchev–Trinajstić information content (AvgIpc) is 3.63. The maximum atomic E-state index is 13.6. The lowest BCUT2D eigenvalue weighted by molar-refractivity contribution is -0.116. The van der Waals surface area contributed by atoms with Gasteiger partial charge in [-0.2, -0.15) is 0 Å². The summed E-state index contributed by atoms with van der Waals surface area (Å²) in [6, 6.07) is 9.49. The van der Waals surface area contributed by atoms with E-state index in [0.29, 0.717) is 71.4 Å². The predicted octanol–water partition coefficient (Wildman–Crippen LogP) is 5.33. The van der Waals surface area contributed by atoms with Crippen molar-refractivity contribution < 1.29 is 28.7 Å². The molecular formula is C29H30ClN7O6. The van der Waals surface area contributed by atoms with Gasteiger partial charge in [-0.05, 0) is 49.2 Å². The quantitative estimate of drug-likeness (QED) is 0.262. The molecule has 3 aromatic rings. The van der Waals surface area contributed by atoms with E-state index in [4.69, 9.17) is 21.3 Å². The molecule has 3 aliphatic rings. The minimum Gasteiger partial charge on any atom is -0.453 e. The number of likely N-dealkylation sites (tertiary alicyclic amines) is 1. The standard InChI is InChI=1S/C29H30ClN7O6/c1-42-27(40)32-17-7-8-18-22(13-17)33-24(38)5-3-2-4-21(25-31-14-23(18)34-25)35-26(39)37-11-10-29(15-37)19-12-16(30)6-9-20(19)36-28(41)43-29/h6-9,12-14,21H,2-5,10-11,15H2,1H3,(H,31,34)(H,32,40)(H,33,38)(H,35,39)(H,36,41)/t21-,29-/m0/s1. The highest BCUT2D eigenvalue weighted by molar-refractivity contribution is 6.30. The molecule has 1 aromatic heterocycles. The lowest BCUT2D eigenvalue weighted by Gasteiger charge is -2.35. The Morgan fingerprint density at radius 2 is 2.00 bits per heavy atom. The Labute approximate surface area is 251 Å². The van der Waals surface area contributed by atoms with Gasteiger partial charge in [-0.25, -0.2) is 19.4 Å². The molecule has 5 N–H and O–H groups in total. The number of aromatic nitrogens is 2. The SMILES string of the molecule is COC(=O)Nc1ccc2c(c1)NC(=O)CCCC[C@H](NC(=O)N1CC[C@@]3(C1)OC(=O)Nc1ccc(Cl)cc13)c1nc-2c[nH]1. The Morgan fingerprint density at radius 3 is 2.84 bits per heavy atom. The van der Waals surface area contributed by atoms with Crippen LogP contribution in [0.3, 0.4) is 0 Å². The Kier molecular flexibility index (Phi) is 7.57. The van der Waals surface area contributed by atoms with Crippen LogP contribution in [0.5, 0.6) is 0 Å². The summed E-state index contributed by atoms with van der Waals surface area (Å²) < 4.78 is 10.4. The highest BCUT2D eigenvalue weighted by atomic mass is 35.5. The zero-order valence-corrected chi connectivity index (χ0v) is 24.0. The Hall–Kier alpha value is -4.78. The molecule has 5 amide bonds. The van der Waals surface area contributed by atoms with E-state index < -0.39 is 23.8 Å². The van der Waals surface area contributed by atoms with Crippen molar-refractivity contribution in [3.63, 3.8) is 0 Å². The summed E-state index contributed by atoms with van der Waals surface area (Å²) >= 11 is 6.26. The second-order valence-corrected chi connectivity index (χ2v) is 11.2. The van der Waals surface area contributed by atoms with Crippen molar-refractivity contribution in [2.75, 3.05) is 36.1 Å². The first-order valence-corrected chi connectivity index (χ1v) is 14.3. The van der Waals surface area contributed by atoms with Gasteiger partial charge in [0, 0.05) is 47.4 Å². The fourth-order valence-corrected chi connectivity index (χ4v) is 5.94. The molecule has 3 aliphatic heterocycles. The van der Waals surface area contributed by atoms with Crippen molar-refractivity contribution in [1.82, 2.24) is 20.2 Å². The lowest BCUT2D eigenvalue weighted by atomic mass is 9.90. The second-order valence-electron chi connectivity index (χ2n) is 10.7. The van der Waals surface area contributed by atoms with Crippen molar-refractivity contribution in [3.05, 3.63) is 59.0 Å². The first kappa shape index (κ1) is 28.3. The van der Waals surface area contributed by atoms with Crippen molar-refractivity contribution in [2.24, 2.45) is 0 Å². The molecule has 1 fully saturated rings. The molecule has 6 rings (SSSR count). The number of imidazole rings is 1. The number of ether oxygens (including phenoxy) is 2. The number of aromatic amines is 1. The minimum absolute atomic E-state index is 0.172. The molecule has 2 bridgehead atoms. The smallest absolute Gasteiger partial charge is 0.412 e. The highest BCUT2D eigenvalue weighted by Crippen LogP contribution is 2.44. The first-order chi connectivity index (χ1) is 20.7. The summed E-state index contributed by atoms with van der Waals surface area (Å²) in [6.45, 7) is 0.544. The summed E-state index contributed by atoms with van der Waals surface area (Å²) in [7, 11) is 1.27. The number of anilines is 3. The summed E-state index contributed by atoms with van der Waals surface area (Å²) in [5, 5.41) is 11.8. The van der Waals surface area contributed by atoms with Crippen LogP contribution in [0.15, 0.2) is 42.6 Å². The van der Waals surface area contributed by atoms with Gasteiger partial charge in [0.2, 0.25) is 5.91 Å². The number of fused-ring (bicyclic) bond motifs is 6. The van der Waals surface area contributed by atoms with Gasteiger partial charge in [0.1, 0.15) is 5.82 Å². The summed E-state index contributed by atoms with van der Waals surface area (Å²) in [6.07, 6.45) is 3.02. The van der Waals surface area contributed by atoms with Gasteiger partial charge >= 0.3 is 18.2 Å². The van der Waals surface area contributed by atoms with Crippen molar-refractivity contribution in [2.45, 2.75) is 43.7 Å². The number of nitrogens with one attached hydrogen (secondary N) is 5. The topological polar surface area (TPSA) is 167 Å². The fraction of sp³-hybridized carbons (Fsp3) is 0.345. The number of amides is 5. The van der Waals surface area contributed by atoms with E-state index in [2.05, 4.69) is 31.0 Å². The van der Waals surface area contributed by atoms with Gasteiger partial charge < -0.3 is 30.0 Å². The van der Waals surface area contributed by atoms with Crippen LogP contribution in [0.2, 0.25) is 5.02 Å². The van der Waals surface area contributed by atoms with Gasteiger partial charge in [-0.3, -0.25) is 15.4 Å². The lowest BCUT2D eigenvalue weighted by Crippen LogP contribution is -2.45. The minimum atomic E-state index is -0.997. The molecule has 0 saturated carbocycles. The molecule has 2 atom stereocenters. The number of carbonyl (C=O) groups is 4. The van der Waals surface area contributed by atoms with E-state index in [1.165, 1.54) is 7.11 Å². The maximum absolute atomic E-state index is 13.6. The maximum Gasteiger partial charge on any atom is 0.412 e. The number of methoxy groups -OCH3 is 1. The van der Waals surface area contributed by atoms with Gasteiger partial charge in [-0.1, -0.05) is 18.0 Å². The molecule has 14 heteroatoms. The van der Waals surface area contributed by atoms with E-state index in [1.807, 2.05) is 0 Å². The molecule has 13 nitrogen and oxygen atoms in total. The van der Waals surface area contributed by atoms with Crippen LogP contribution in [0.1, 0.15) is 49.5 Å². The average molecular weight is 608 g/mol. The molecule has 0 aliphatic carbocycles. The summed E-state index contributed by atoms with van der Waals surface area (Å²) in [5.41, 5.74) is 2.49. The number of carbonyl (C=O) groups excluding carboxylic acids is 4. The van der Waals surface area contributed by atoms with Crippen LogP contribution < -0.4 is 21.3 Å². The Morgan fingerprint density at radius 1 is 1.14 bits per heavy atom. The van der Waals surface area contributed by atoms with Crippen LogP contribution in [0, 0.1) is 0 Å². The normalized spacial score (nSPS) is 21.3. The molecule has 2 aromatic carbocycles. The van der Waals surface area contributed by atoms with E-state index >= 15 is 0 Å². The largest absolute Gasteiger partial charge is 0.453 e. The van der Waals surface area contributed by atoms with Gasteiger partial charge in [0.05, 0.1) is 36.8 Å². The Bertz CT molecular complexity index is 1610. The third-order valence-electron chi connectivity index (χ3n) is 7.89. The predicted molar refractivity (Wildman–Crippen MR) is 158 cm³/mol. The molecule has 0 radical (unpaired) electrons. The van der Waals surface area contributed by atoms with E-state index in [0.717, 1.165) is 5.56 Å². The van der Waals surface area contributed by atoms with E-state index in [1.54, 1.807) is 47.5 Å². The zero-order chi connectivity index (χ0) is 30.1. The number of benzene rings is 2. The van der Waals surface area contributed by atoms with Crippen LogP contribution in [0.25, 0.3) is 11.3 Å². The van der Waals surface area contributed by atoms with E-state index in [9.17, 15) is 19.2 Å². The van der Waals surface area contributed by atoms with Gasteiger partial charge in [0.15, 0.2) is 5.60 Å². The first-order valence-electron chi connectivity index (χ1n) is 13.9. The third-order valence-corrected chi connectivity index (χ3v) is 8.12. The van der Waals surface area contributed by atoms with Gasteiger partial charge in [-0.15, -0.1) is 0 Å². The molecule has 1 spiro atoms. The van der Waals surface area contributed by atoms with Crippen molar-refractivity contribution >= 4 is 52.8 Å². The fourth-order valence-electron chi connectivity index (χ4n) is 5.76. The van der Waals surface area contributed by atoms with Crippen LogP contribution in [0.4, 0.5) is 31.4 Å². The number of H-pyrrole nitrogens is 1. The number of hydrogen-bond acceptors (Lipinski definition) is 7. The third kappa shape index (κ3) is 5.80. The number of nitrogens with zero attached hydrogens (tertiary/aromatic N) is 2. The second kappa shape index (κ2) is 11.5. The number of rotatable bonds is 2. The number of halogens is 1. The molecule has 0 unspecified atom stereocenters. The van der Waals surface area contributed by atoms with Crippen molar-refractivity contribution in [1.29, 1.82) is 0 Å².